The number of nitrogens with two attached hydrogens (primary N) is 1. The molecular formula is C9H15N3O5. The van der Waals surface area contributed by atoms with Crippen molar-refractivity contribution in [2.24, 2.45) is 5.73 Å². The Balaban J connectivity index is 2.73. The number of carbonyl (C=O) groups is 3. The molecular weight excluding hydrogens is 230 g/mol. The monoisotopic (exact) mass is 245 g/mol. The van der Waals surface area contributed by atoms with Gasteiger partial charge in [-0.3, -0.25) is 4.79 Å². The van der Waals surface area contributed by atoms with Crippen molar-refractivity contribution in [2.45, 2.75) is 18.6 Å². The van der Waals surface area contributed by atoms with Gasteiger partial charge >= 0.3 is 12.0 Å². The molecule has 2 atom stereocenters. The highest BCUT2D eigenvalue weighted by molar-refractivity contribution is 5.86. The van der Waals surface area contributed by atoms with Crippen molar-refractivity contribution in [1.29, 1.82) is 0 Å². The van der Waals surface area contributed by atoms with E-state index in [2.05, 4.69) is 0 Å². The number of rotatable bonds is 3. The zero-order chi connectivity index (χ0) is 13.2. The lowest BCUT2D eigenvalue weighted by atomic mass is 10.2. The molecule has 1 aliphatic rings. The predicted molar refractivity (Wildman–Crippen MR) is 56.0 cm³/mol. The number of amides is 3. The Morgan fingerprint density at radius 2 is 2.06 bits per heavy atom. The van der Waals surface area contributed by atoms with Crippen LogP contribution in [0.1, 0.15) is 6.42 Å². The molecule has 4 N–H and O–H groups in total. The van der Waals surface area contributed by atoms with E-state index in [-0.39, 0.29) is 19.5 Å². The van der Waals surface area contributed by atoms with Crippen LogP contribution in [0, 0.1) is 0 Å². The van der Waals surface area contributed by atoms with Crippen molar-refractivity contribution in [3.8, 4) is 0 Å². The van der Waals surface area contributed by atoms with Gasteiger partial charge in [-0.1, -0.05) is 0 Å². The number of nitrogens with zero attached hydrogens (tertiary/aromatic N) is 2. The smallest absolute Gasteiger partial charge is 0.326 e. The van der Waals surface area contributed by atoms with E-state index in [1.165, 1.54) is 7.05 Å². The van der Waals surface area contributed by atoms with Gasteiger partial charge in [-0.05, 0) is 0 Å². The molecule has 8 nitrogen and oxygen atoms in total. The Morgan fingerprint density at radius 1 is 1.47 bits per heavy atom. The number of likely N-dealkylation sites (N-methyl/N-ethyl adjacent to an activating group) is 1. The molecule has 1 heterocycles. The predicted octanol–water partition coefficient (Wildman–Crippen LogP) is -1.96. The van der Waals surface area contributed by atoms with E-state index in [0.29, 0.717) is 0 Å². The maximum absolute atomic E-state index is 11.8. The lowest BCUT2D eigenvalue weighted by Gasteiger charge is -2.26. The number of likely N-dealkylation sites (tertiary alicyclic amines) is 1. The van der Waals surface area contributed by atoms with Crippen LogP contribution in [0.4, 0.5) is 4.79 Å². The van der Waals surface area contributed by atoms with E-state index in [1.807, 2.05) is 0 Å². The molecule has 17 heavy (non-hydrogen) atoms. The Morgan fingerprint density at radius 3 is 2.53 bits per heavy atom. The average Bonchev–Trinajstić information content (AvgIpc) is 2.58. The molecule has 0 bridgehead atoms. The van der Waals surface area contributed by atoms with Crippen LogP contribution in [0.15, 0.2) is 0 Å². The number of hydrogen-bond donors (Lipinski definition) is 3. The third-order valence-electron chi connectivity index (χ3n) is 2.53. The van der Waals surface area contributed by atoms with Gasteiger partial charge in [-0.2, -0.15) is 0 Å². The lowest BCUT2D eigenvalue weighted by Crippen LogP contribution is -2.48. The SMILES string of the molecule is CN(CC(N)=O)C(=O)N1CC(O)C[C@H]1C(=O)O. The number of β-amino-alcohol motifs (C(OH)–C–C–N with tert-alkyl or cyclic N) is 1. The number of aliphatic hydroxyl groups excluding tert-OH is 1. The largest absolute Gasteiger partial charge is 0.480 e. The second kappa shape index (κ2) is 5.00. The first kappa shape index (κ1) is 13.2. The lowest BCUT2D eigenvalue weighted by molar-refractivity contribution is -0.141. The normalized spacial score (nSPS) is 23.5. The summed E-state index contributed by atoms with van der Waals surface area (Å²) in [5, 5.41) is 18.3. The first-order valence-corrected chi connectivity index (χ1v) is 5.03. The van der Waals surface area contributed by atoms with Crippen LogP contribution in [0.3, 0.4) is 0 Å². The van der Waals surface area contributed by atoms with Crippen LogP contribution in [0.5, 0.6) is 0 Å². The van der Waals surface area contributed by atoms with Crippen LogP contribution in [0.2, 0.25) is 0 Å². The standard InChI is InChI=1S/C9H15N3O5/c1-11(4-7(10)14)9(17)12-3-5(13)2-6(12)8(15)16/h5-6,13H,2-4H2,1H3,(H2,10,14)(H,15,16)/t5?,6-/m0/s1. The maximum atomic E-state index is 11.8. The summed E-state index contributed by atoms with van der Waals surface area (Å²) in [5.41, 5.74) is 4.93. The van der Waals surface area contributed by atoms with E-state index in [9.17, 15) is 19.5 Å². The third kappa shape index (κ3) is 3.06. The van der Waals surface area contributed by atoms with E-state index in [1.54, 1.807) is 0 Å². The van der Waals surface area contributed by atoms with Gasteiger partial charge in [0.05, 0.1) is 6.10 Å². The highest BCUT2D eigenvalue weighted by Gasteiger charge is 2.40. The molecule has 1 aliphatic heterocycles. The van der Waals surface area contributed by atoms with Crippen molar-refractivity contribution < 1.29 is 24.6 Å². The summed E-state index contributed by atoms with van der Waals surface area (Å²) in [6, 6.07) is -1.69. The van der Waals surface area contributed by atoms with Crippen molar-refractivity contribution in [3.05, 3.63) is 0 Å². The van der Waals surface area contributed by atoms with E-state index in [4.69, 9.17) is 10.8 Å². The summed E-state index contributed by atoms with van der Waals surface area (Å²) in [7, 11) is 1.34. The highest BCUT2D eigenvalue weighted by Crippen LogP contribution is 2.19. The molecule has 96 valence electrons. The minimum absolute atomic E-state index is 0.00845. The highest BCUT2D eigenvalue weighted by atomic mass is 16.4. The second-order valence-electron chi connectivity index (χ2n) is 4.00. The van der Waals surface area contributed by atoms with Gasteiger partial charge < -0.3 is 25.7 Å². The number of primary amides is 1. The summed E-state index contributed by atoms with van der Waals surface area (Å²) >= 11 is 0. The Hall–Kier alpha value is -1.83. The molecule has 0 radical (unpaired) electrons. The Kier molecular flexibility index (Phi) is 3.89. The van der Waals surface area contributed by atoms with Crippen LogP contribution >= 0.6 is 0 Å². The number of urea groups is 1. The Labute approximate surface area is 97.6 Å². The quantitative estimate of drug-likeness (QED) is 0.532. The van der Waals surface area contributed by atoms with E-state index >= 15 is 0 Å². The van der Waals surface area contributed by atoms with Crippen molar-refractivity contribution >= 4 is 17.9 Å². The molecule has 8 heteroatoms. The molecule has 0 aromatic carbocycles. The number of hydrogen-bond acceptors (Lipinski definition) is 4. The van der Waals surface area contributed by atoms with Crippen molar-refractivity contribution in [2.75, 3.05) is 20.1 Å². The van der Waals surface area contributed by atoms with Gasteiger partial charge in [0.1, 0.15) is 12.6 Å². The van der Waals surface area contributed by atoms with Crippen molar-refractivity contribution in [1.82, 2.24) is 9.80 Å². The number of carbonyl (C=O) groups excluding carboxylic acids is 2. The number of carboxylic acids is 1. The topological polar surface area (TPSA) is 124 Å². The number of carboxylic acid groups (broad SMARTS) is 1. The fourth-order valence-corrected chi connectivity index (χ4v) is 1.78. The Bertz CT molecular complexity index is 346. The minimum atomic E-state index is -1.18. The molecule has 3 amide bonds. The van der Waals surface area contributed by atoms with Crippen LogP contribution < -0.4 is 5.73 Å². The van der Waals surface area contributed by atoms with Gasteiger partial charge in [-0.15, -0.1) is 0 Å². The minimum Gasteiger partial charge on any atom is -0.480 e. The molecule has 1 unspecified atom stereocenters. The zero-order valence-electron chi connectivity index (χ0n) is 9.37. The zero-order valence-corrected chi connectivity index (χ0v) is 9.37. The van der Waals surface area contributed by atoms with Crippen molar-refractivity contribution in [3.63, 3.8) is 0 Å². The van der Waals surface area contributed by atoms with Gasteiger partial charge in [0.2, 0.25) is 5.91 Å². The molecule has 1 rings (SSSR count). The summed E-state index contributed by atoms with van der Waals surface area (Å²) in [6.07, 6.45) is -0.868. The summed E-state index contributed by atoms with van der Waals surface area (Å²) in [4.78, 5) is 35.4. The molecule has 0 aromatic heterocycles. The molecule has 0 spiro atoms. The second-order valence-corrected chi connectivity index (χ2v) is 4.00. The third-order valence-corrected chi connectivity index (χ3v) is 2.53. The fraction of sp³-hybridized carbons (Fsp3) is 0.667. The molecule has 1 saturated heterocycles. The number of aliphatic carboxylic acids is 1. The first-order valence-electron chi connectivity index (χ1n) is 5.03. The van der Waals surface area contributed by atoms with E-state index in [0.717, 1.165) is 9.80 Å². The molecule has 0 aromatic rings. The summed E-state index contributed by atoms with van der Waals surface area (Å²) in [6.45, 7) is -0.351. The summed E-state index contributed by atoms with van der Waals surface area (Å²) in [5.74, 6) is -1.87. The molecule has 1 fully saturated rings. The van der Waals surface area contributed by atoms with Crippen LogP contribution in [-0.2, 0) is 9.59 Å². The van der Waals surface area contributed by atoms with Gasteiger partial charge in [-0.25, -0.2) is 9.59 Å². The average molecular weight is 245 g/mol. The fourth-order valence-electron chi connectivity index (χ4n) is 1.78. The molecule has 0 saturated carbocycles. The maximum Gasteiger partial charge on any atom is 0.326 e. The van der Waals surface area contributed by atoms with Gasteiger partial charge in [0.25, 0.3) is 0 Å². The van der Waals surface area contributed by atoms with Crippen LogP contribution in [-0.4, -0.2) is 70.2 Å². The number of aliphatic hydroxyl groups is 1. The first-order chi connectivity index (χ1) is 7.82. The van der Waals surface area contributed by atoms with Crippen LogP contribution in [0.25, 0.3) is 0 Å². The van der Waals surface area contributed by atoms with Gasteiger partial charge in [0.15, 0.2) is 0 Å². The van der Waals surface area contributed by atoms with Gasteiger partial charge in [0, 0.05) is 20.0 Å². The molecule has 0 aliphatic carbocycles. The van der Waals surface area contributed by atoms with E-state index < -0.39 is 30.1 Å². The summed E-state index contributed by atoms with van der Waals surface area (Å²) < 4.78 is 0.